The summed E-state index contributed by atoms with van der Waals surface area (Å²) >= 11 is 0. The molecule has 5 heteroatoms. The zero-order chi connectivity index (χ0) is 15.6. The van der Waals surface area contributed by atoms with Crippen LogP contribution < -0.4 is 4.90 Å². The SMILES string of the molecule is Cc1ccc(-c2nnc(-c3ccco3)nc2N2CCCC2)cc1. The number of hydrogen-bond donors (Lipinski definition) is 0. The van der Waals surface area contributed by atoms with E-state index in [-0.39, 0.29) is 0 Å². The highest BCUT2D eigenvalue weighted by Gasteiger charge is 2.21. The van der Waals surface area contributed by atoms with E-state index in [4.69, 9.17) is 9.40 Å². The maximum Gasteiger partial charge on any atom is 0.219 e. The molecule has 0 saturated carbocycles. The van der Waals surface area contributed by atoms with Gasteiger partial charge in [-0.2, -0.15) is 0 Å². The molecule has 3 aromatic rings. The van der Waals surface area contributed by atoms with E-state index in [2.05, 4.69) is 46.3 Å². The molecule has 0 amide bonds. The van der Waals surface area contributed by atoms with E-state index < -0.39 is 0 Å². The highest BCUT2D eigenvalue weighted by atomic mass is 16.3. The predicted molar refractivity (Wildman–Crippen MR) is 89.1 cm³/mol. The normalized spacial score (nSPS) is 14.4. The minimum atomic E-state index is 0.535. The number of aryl methyl sites for hydroxylation is 1. The van der Waals surface area contributed by atoms with Gasteiger partial charge >= 0.3 is 0 Å². The zero-order valence-corrected chi connectivity index (χ0v) is 13.1. The molecule has 1 aliphatic heterocycles. The Morgan fingerprint density at radius 2 is 1.78 bits per heavy atom. The summed E-state index contributed by atoms with van der Waals surface area (Å²) in [7, 11) is 0. The molecule has 0 radical (unpaired) electrons. The van der Waals surface area contributed by atoms with E-state index in [1.165, 1.54) is 18.4 Å². The summed E-state index contributed by atoms with van der Waals surface area (Å²) in [5.74, 6) is 2.08. The van der Waals surface area contributed by atoms with Gasteiger partial charge in [-0.25, -0.2) is 4.98 Å². The summed E-state index contributed by atoms with van der Waals surface area (Å²) < 4.78 is 5.41. The van der Waals surface area contributed by atoms with Crippen LogP contribution in [-0.2, 0) is 0 Å². The van der Waals surface area contributed by atoms with Crippen molar-refractivity contribution in [1.82, 2.24) is 15.2 Å². The van der Waals surface area contributed by atoms with Crippen molar-refractivity contribution in [3.8, 4) is 22.8 Å². The van der Waals surface area contributed by atoms with Crippen LogP contribution in [0, 0.1) is 6.92 Å². The second-order valence-corrected chi connectivity index (χ2v) is 5.85. The summed E-state index contributed by atoms with van der Waals surface area (Å²) in [5, 5.41) is 8.74. The highest BCUT2D eigenvalue weighted by molar-refractivity contribution is 5.73. The predicted octanol–water partition coefficient (Wildman–Crippen LogP) is 3.71. The lowest BCUT2D eigenvalue weighted by Crippen LogP contribution is -2.21. The Morgan fingerprint density at radius 3 is 2.48 bits per heavy atom. The van der Waals surface area contributed by atoms with Gasteiger partial charge in [0.05, 0.1) is 6.26 Å². The molecule has 5 nitrogen and oxygen atoms in total. The van der Waals surface area contributed by atoms with Gasteiger partial charge in [0.15, 0.2) is 11.6 Å². The van der Waals surface area contributed by atoms with Gasteiger partial charge in [0.2, 0.25) is 5.82 Å². The van der Waals surface area contributed by atoms with Gasteiger partial charge in [-0.05, 0) is 31.9 Å². The van der Waals surface area contributed by atoms with Crippen molar-refractivity contribution in [2.24, 2.45) is 0 Å². The summed E-state index contributed by atoms with van der Waals surface area (Å²) in [4.78, 5) is 7.04. The van der Waals surface area contributed by atoms with E-state index in [0.717, 1.165) is 30.2 Å². The summed E-state index contributed by atoms with van der Waals surface area (Å²) in [5.41, 5.74) is 3.11. The van der Waals surface area contributed by atoms with E-state index in [1.807, 2.05) is 12.1 Å². The van der Waals surface area contributed by atoms with Crippen LogP contribution in [0.25, 0.3) is 22.8 Å². The van der Waals surface area contributed by atoms with Crippen LogP contribution in [-0.4, -0.2) is 28.3 Å². The molecule has 3 heterocycles. The maximum atomic E-state index is 5.41. The molecule has 2 aromatic heterocycles. The molecule has 1 saturated heterocycles. The van der Waals surface area contributed by atoms with Crippen LogP contribution >= 0.6 is 0 Å². The van der Waals surface area contributed by atoms with Gasteiger partial charge in [-0.3, -0.25) is 0 Å². The fourth-order valence-electron chi connectivity index (χ4n) is 2.88. The van der Waals surface area contributed by atoms with Gasteiger partial charge in [0.1, 0.15) is 5.69 Å². The third-order valence-electron chi connectivity index (χ3n) is 4.14. The Morgan fingerprint density at radius 1 is 1.00 bits per heavy atom. The van der Waals surface area contributed by atoms with Crippen molar-refractivity contribution in [2.75, 3.05) is 18.0 Å². The quantitative estimate of drug-likeness (QED) is 0.738. The van der Waals surface area contributed by atoms with Crippen LogP contribution in [0.1, 0.15) is 18.4 Å². The number of aromatic nitrogens is 3. The van der Waals surface area contributed by atoms with E-state index in [0.29, 0.717) is 11.6 Å². The number of nitrogens with zero attached hydrogens (tertiary/aromatic N) is 4. The largest absolute Gasteiger partial charge is 0.461 e. The number of benzene rings is 1. The van der Waals surface area contributed by atoms with Crippen molar-refractivity contribution in [2.45, 2.75) is 19.8 Å². The number of hydrogen-bond acceptors (Lipinski definition) is 5. The van der Waals surface area contributed by atoms with Crippen molar-refractivity contribution in [3.63, 3.8) is 0 Å². The fraction of sp³-hybridized carbons (Fsp3) is 0.278. The smallest absolute Gasteiger partial charge is 0.219 e. The van der Waals surface area contributed by atoms with Crippen LogP contribution in [0.3, 0.4) is 0 Å². The van der Waals surface area contributed by atoms with E-state index in [1.54, 1.807) is 6.26 Å². The molecule has 0 atom stereocenters. The van der Waals surface area contributed by atoms with Crippen LogP contribution in [0.4, 0.5) is 5.82 Å². The second kappa shape index (κ2) is 5.83. The van der Waals surface area contributed by atoms with E-state index in [9.17, 15) is 0 Å². The first kappa shape index (κ1) is 13.9. The van der Waals surface area contributed by atoms with Crippen molar-refractivity contribution < 1.29 is 4.42 Å². The van der Waals surface area contributed by atoms with Crippen LogP contribution in [0.2, 0.25) is 0 Å². The standard InChI is InChI=1S/C18H18N4O/c1-13-6-8-14(9-7-13)16-18(22-10-2-3-11-22)19-17(21-20-16)15-5-4-12-23-15/h4-9,12H,2-3,10-11H2,1H3. The highest BCUT2D eigenvalue weighted by Crippen LogP contribution is 2.30. The minimum Gasteiger partial charge on any atom is -0.461 e. The van der Waals surface area contributed by atoms with Gasteiger partial charge in [0.25, 0.3) is 0 Å². The summed E-state index contributed by atoms with van der Waals surface area (Å²) in [6, 6.07) is 12.0. The Balaban J connectivity index is 1.82. The lowest BCUT2D eigenvalue weighted by atomic mass is 10.1. The molecular formula is C18H18N4O. The first-order valence-corrected chi connectivity index (χ1v) is 7.92. The maximum absolute atomic E-state index is 5.41. The average molecular weight is 306 g/mol. The molecule has 23 heavy (non-hydrogen) atoms. The second-order valence-electron chi connectivity index (χ2n) is 5.85. The topological polar surface area (TPSA) is 55.1 Å². The average Bonchev–Trinajstić information content (AvgIpc) is 3.29. The molecule has 1 fully saturated rings. The Bertz CT molecular complexity index is 790. The Hall–Kier alpha value is -2.69. The van der Waals surface area contributed by atoms with Gasteiger partial charge in [-0.15, -0.1) is 10.2 Å². The molecular weight excluding hydrogens is 288 g/mol. The Kier molecular flexibility index (Phi) is 3.54. The number of rotatable bonds is 3. The molecule has 1 aliphatic rings. The third kappa shape index (κ3) is 2.70. The van der Waals surface area contributed by atoms with Crippen molar-refractivity contribution in [1.29, 1.82) is 0 Å². The molecule has 116 valence electrons. The molecule has 0 bridgehead atoms. The summed E-state index contributed by atoms with van der Waals surface area (Å²) in [6.07, 6.45) is 4.00. The van der Waals surface area contributed by atoms with E-state index >= 15 is 0 Å². The third-order valence-corrected chi connectivity index (χ3v) is 4.14. The molecule has 4 rings (SSSR count). The monoisotopic (exact) mass is 306 g/mol. The van der Waals surface area contributed by atoms with Gasteiger partial charge in [0, 0.05) is 18.7 Å². The van der Waals surface area contributed by atoms with Crippen LogP contribution in [0.5, 0.6) is 0 Å². The van der Waals surface area contributed by atoms with Gasteiger partial charge < -0.3 is 9.32 Å². The molecule has 0 N–H and O–H groups in total. The molecule has 0 spiro atoms. The Labute approximate surface area is 135 Å². The molecule has 1 aromatic carbocycles. The van der Waals surface area contributed by atoms with Crippen LogP contribution in [0.15, 0.2) is 47.1 Å². The van der Waals surface area contributed by atoms with Gasteiger partial charge in [-0.1, -0.05) is 29.8 Å². The molecule has 0 aliphatic carbocycles. The first-order chi connectivity index (χ1) is 11.3. The minimum absolute atomic E-state index is 0.535. The zero-order valence-electron chi connectivity index (χ0n) is 13.1. The van der Waals surface area contributed by atoms with Crippen molar-refractivity contribution in [3.05, 3.63) is 48.2 Å². The first-order valence-electron chi connectivity index (χ1n) is 7.92. The number of furan rings is 1. The summed E-state index contributed by atoms with van der Waals surface area (Å²) in [6.45, 7) is 4.10. The molecule has 0 unspecified atom stereocenters. The lowest BCUT2D eigenvalue weighted by Gasteiger charge is -2.19. The fourth-order valence-corrected chi connectivity index (χ4v) is 2.88. The lowest BCUT2D eigenvalue weighted by molar-refractivity contribution is 0.575. The van der Waals surface area contributed by atoms with Crippen molar-refractivity contribution >= 4 is 5.82 Å². The number of anilines is 1.